The highest BCUT2D eigenvalue weighted by Crippen LogP contribution is 2.13. The van der Waals surface area contributed by atoms with Crippen LogP contribution in [0.15, 0.2) is 36.4 Å². The van der Waals surface area contributed by atoms with Gasteiger partial charge in [-0.25, -0.2) is 8.78 Å². The molecule has 0 aromatic heterocycles. The summed E-state index contributed by atoms with van der Waals surface area (Å²) < 4.78 is 26.4. The average molecular weight is 276 g/mol. The van der Waals surface area contributed by atoms with E-state index in [-0.39, 0.29) is 18.0 Å². The van der Waals surface area contributed by atoms with Crippen LogP contribution in [0, 0.1) is 18.6 Å². The first-order valence-electron chi connectivity index (χ1n) is 6.05. The predicted molar refractivity (Wildman–Crippen MR) is 73.1 cm³/mol. The van der Waals surface area contributed by atoms with Crippen molar-refractivity contribution in [3.8, 4) is 0 Å². The van der Waals surface area contributed by atoms with Crippen LogP contribution in [0.25, 0.3) is 0 Å². The number of carbonyl (C=O) groups excluding carboxylic acids is 1. The van der Waals surface area contributed by atoms with Crippen molar-refractivity contribution in [2.75, 3.05) is 5.73 Å². The van der Waals surface area contributed by atoms with Gasteiger partial charge in [-0.05, 0) is 48.9 Å². The van der Waals surface area contributed by atoms with E-state index in [9.17, 15) is 13.6 Å². The number of carbonyl (C=O) groups is 1. The number of hydrogen-bond acceptors (Lipinski definition) is 2. The van der Waals surface area contributed by atoms with Crippen molar-refractivity contribution in [2.45, 2.75) is 13.5 Å². The second-order valence-electron chi connectivity index (χ2n) is 4.49. The van der Waals surface area contributed by atoms with E-state index in [4.69, 9.17) is 5.73 Å². The predicted octanol–water partition coefficient (Wildman–Crippen LogP) is 2.79. The maximum Gasteiger partial charge on any atom is 0.251 e. The van der Waals surface area contributed by atoms with E-state index in [2.05, 4.69) is 5.32 Å². The fourth-order valence-electron chi connectivity index (χ4n) is 1.89. The molecule has 0 heterocycles. The molecule has 20 heavy (non-hydrogen) atoms. The van der Waals surface area contributed by atoms with E-state index >= 15 is 0 Å². The molecular weight excluding hydrogens is 262 g/mol. The number of anilines is 1. The number of nitrogen functional groups attached to an aromatic ring is 1. The zero-order valence-electron chi connectivity index (χ0n) is 10.9. The van der Waals surface area contributed by atoms with Gasteiger partial charge in [0.1, 0.15) is 11.6 Å². The van der Waals surface area contributed by atoms with Gasteiger partial charge in [-0.3, -0.25) is 4.79 Å². The van der Waals surface area contributed by atoms with E-state index in [1.165, 1.54) is 0 Å². The molecule has 0 fully saturated rings. The van der Waals surface area contributed by atoms with Crippen LogP contribution in [0.2, 0.25) is 0 Å². The molecule has 104 valence electrons. The lowest BCUT2D eigenvalue weighted by atomic mass is 10.1. The number of halogens is 2. The van der Waals surface area contributed by atoms with Crippen LogP contribution in [0.5, 0.6) is 0 Å². The van der Waals surface area contributed by atoms with Gasteiger partial charge in [0.2, 0.25) is 0 Å². The number of rotatable bonds is 3. The summed E-state index contributed by atoms with van der Waals surface area (Å²) in [6.45, 7) is 1.68. The summed E-state index contributed by atoms with van der Waals surface area (Å²) in [5.41, 5.74) is 7.45. The van der Waals surface area contributed by atoms with Gasteiger partial charge in [0.05, 0.1) is 0 Å². The van der Waals surface area contributed by atoms with Crippen molar-refractivity contribution < 1.29 is 13.6 Å². The molecular formula is C15H14F2N2O. The van der Waals surface area contributed by atoms with Gasteiger partial charge in [-0.2, -0.15) is 0 Å². The fraction of sp³-hybridized carbons (Fsp3) is 0.133. The molecule has 0 radical (unpaired) electrons. The highest BCUT2D eigenvalue weighted by Gasteiger charge is 2.10. The first-order chi connectivity index (χ1) is 9.47. The van der Waals surface area contributed by atoms with Crippen molar-refractivity contribution in [2.24, 2.45) is 0 Å². The minimum Gasteiger partial charge on any atom is -0.399 e. The first kappa shape index (κ1) is 14.0. The van der Waals surface area contributed by atoms with Crippen LogP contribution in [-0.4, -0.2) is 5.91 Å². The Morgan fingerprint density at radius 3 is 2.65 bits per heavy atom. The molecule has 1 amide bonds. The van der Waals surface area contributed by atoms with Gasteiger partial charge in [0.15, 0.2) is 0 Å². The third-order valence-electron chi connectivity index (χ3n) is 2.94. The normalized spacial score (nSPS) is 10.3. The Hall–Kier alpha value is -2.43. The summed E-state index contributed by atoms with van der Waals surface area (Å²) in [7, 11) is 0. The Labute approximate surface area is 115 Å². The molecule has 2 aromatic rings. The lowest BCUT2D eigenvalue weighted by Gasteiger charge is -2.09. The minimum atomic E-state index is -0.555. The summed E-state index contributed by atoms with van der Waals surface area (Å²) >= 11 is 0. The summed E-state index contributed by atoms with van der Waals surface area (Å²) in [4.78, 5) is 12.0. The van der Waals surface area contributed by atoms with Crippen molar-refractivity contribution >= 4 is 11.6 Å². The fourth-order valence-corrected chi connectivity index (χ4v) is 1.89. The van der Waals surface area contributed by atoms with Gasteiger partial charge < -0.3 is 11.1 Å². The van der Waals surface area contributed by atoms with Crippen LogP contribution in [0.4, 0.5) is 14.5 Å². The van der Waals surface area contributed by atoms with Gasteiger partial charge in [-0.1, -0.05) is 0 Å². The highest BCUT2D eigenvalue weighted by molar-refractivity contribution is 5.95. The quantitative estimate of drug-likeness (QED) is 0.847. The second kappa shape index (κ2) is 5.69. The monoisotopic (exact) mass is 276 g/mol. The molecule has 0 spiro atoms. The summed E-state index contributed by atoms with van der Waals surface area (Å²) in [5, 5.41) is 2.56. The largest absolute Gasteiger partial charge is 0.399 e. The van der Waals surface area contributed by atoms with E-state index in [1.54, 1.807) is 25.1 Å². The van der Waals surface area contributed by atoms with Gasteiger partial charge in [0, 0.05) is 23.4 Å². The van der Waals surface area contributed by atoms with Crippen LogP contribution >= 0.6 is 0 Å². The summed E-state index contributed by atoms with van der Waals surface area (Å²) in [6.07, 6.45) is 0. The highest BCUT2D eigenvalue weighted by atomic mass is 19.1. The van der Waals surface area contributed by atoms with Crippen molar-refractivity contribution in [3.63, 3.8) is 0 Å². The lowest BCUT2D eigenvalue weighted by Crippen LogP contribution is -2.24. The van der Waals surface area contributed by atoms with Crippen LogP contribution in [0.3, 0.4) is 0 Å². The smallest absolute Gasteiger partial charge is 0.251 e. The molecule has 2 rings (SSSR count). The van der Waals surface area contributed by atoms with E-state index in [1.807, 2.05) is 0 Å². The van der Waals surface area contributed by atoms with Gasteiger partial charge in [0.25, 0.3) is 5.91 Å². The SMILES string of the molecule is Cc1cc(N)ccc1C(=O)NCc1cc(F)ccc1F. The van der Waals surface area contributed by atoms with Gasteiger partial charge in [-0.15, -0.1) is 0 Å². The Morgan fingerprint density at radius 1 is 1.20 bits per heavy atom. The number of benzene rings is 2. The standard InChI is InChI=1S/C15H14F2N2O/c1-9-6-12(18)3-4-13(9)15(20)19-8-10-7-11(16)2-5-14(10)17/h2-7H,8,18H2,1H3,(H,19,20). The molecule has 0 saturated heterocycles. The maximum atomic E-state index is 13.4. The maximum absolute atomic E-state index is 13.4. The number of aryl methyl sites for hydroxylation is 1. The lowest BCUT2D eigenvalue weighted by molar-refractivity contribution is 0.0950. The molecule has 0 aliphatic heterocycles. The number of nitrogens with two attached hydrogens (primary N) is 1. The number of nitrogens with one attached hydrogen (secondary N) is 1. The Bertz CT molecular complexity index is 656. The zero-order valence-corrected chi connectivity index (χ0v) is 10.9. The molecule has 5 heteroatoms. The molecule has 0 aliphatic carbocycles. The molecule has 0 atom stereocenters. The van der Waals surface area contributed by atoms with Crippen molar-refractivity contribution in [1.82, 2.24) is 5.32 Å². The Morgan fingerprint density at radius 2 is 1.95 bits per heavy atom. The van der Waals surface area contributed by atoms with E-state index in [0.717, 1.165) is 23.8 Å². The minimum absolute atomic E-state index is 0.0771. The molecule has 0 saturated carbocycles. The van der Waals surface area contributed by atoms with E-state index < -0.39 is 11.6 Å². The number of hydrogen-bond donors (Lipinski definition) is 2. The summed E-state index contributed by atoms with van der Waals surface area (Å²) in [6, 6.07) is 8.02. The molecule has 2 aromatic carbocycles. The van der Waals surface area contributed by atoms with Gasteiger partial charge >= 0.3 is 0 Å². The molecule has 0 unspecified atom stereocenters. The number of amides is 1. The van der Waals surface area contributed by atoms with Crippen molar-refractivity contribution in [1.29, 1.82) is 0 Å². The van der Waals surface area contributed by atoms with Crippen LogP contribution in [-0.2, 0) is 6.54 Å². The zero-order chi connectivity index (χ0) is 14.7. The third-order valence-corrected chi connectivity index (χ3v) is 2.94. The van der Waals surface area contributed by atoms with Crippen LogP contribution < -0.4 is 11.1 Å². The molecule has 0 bridgehead atoms. The Balaban J connectivity index is 2.10. The van der Waals surface area contributed by atoms with Crippen molar-refractivity contribution in [3.05, 3.63) is 64.7 Å². The first-order valence-corrected chi connectivity index (χ1v) is 6.05. The summed E-state index contributed by atoms with van der Waals surface area (Å²) in [5.74, 6) is -1.45. The Kier molecular flexibility index (Phi) is 3.98. The third kappa shape index (κ3) is 3.12. The second-order valence-corrected chi connectivity index (χ2v) is 4.49. The molecule has 3 N–H and O–H groups in total. The average Bonchev–Trinajstić information content (AvgIpc) is 2.39. The van der Waals surface area contributed by atoms with E-state index in [0.29, 0.717) is 11.3 Å². The van der Waals surface area contributed by atoms with Crippen LogP contribution in [0.1, 0.15) is 21.5 Å². The topological polar surface area (TPSA) is 55.1 Å². The molecule has 3 nitrogen and oxygen atoms in total. The molecule has 0 aliphatic rings.